The molecule has 0 aliphatic carbocycles. The highest BCUT2D eigenvalue weighted by molar-refractivity contribution is 6.27. The highest BCUT2D eigenvalue weighted by atomic mass is 16.3. The number of hydrogen-bond donors (Lipinski definition) is 0. The van der Waals surface area contributed by atoms with Crippen molar-refractivity contribution in [2.24, 2.45) is 0 Å². The number of fused-ring (bicyclic) bond motifs is 16. The molecule has 12 aromatic rings. The lowest BCUT2D eigenvalue weighted by Crippen LogP contribution is -1.94. The minimum Gasteiger partial charge on any atom is -0.456 e. The van der Waals surface area contributed by atoms with Gasteiger partial charge in [-0.05, 0) is 114 Å². The molecule has 0 saturated carbocycles. The SMILES string of the molecule is c1ccc(-c2ccc3oc4ccccc4c4ccccc4c4cc5c6ccccc6n(-c6ccc7c8ccccc8c8ccccc8c7c6)c5cc4c3c2)cc1. The number of hydrogen-bond acceptors (Lipinski definition) is 1. The maximum Gasteiger partial charge on any atom is 0.135 e. The first kappa shape index (κ1) is 31.0. The van der Waals surface area contributed by atoms with Gasteiger partial charge in [-0.25, -0.2) is 0 Å². The summed E-state index contributed by atoms with van der Waals surface area (Å²) in [6.07, 6.45) is 0. The first-order valence-electron chi connectivity index (χ1n) is 19.3. The van der Waals surface area contributed by atoms with Gasteiger partial charge in [-0.1, -0.05) is 152 Å². The Labute approximate surface area is 322 Å². The quantitative estimate of drug-likeness (QED) is 0.163. The van der Waals surface area contributed by atoms with Crippen LogP contribution < -0.4 is 0 Å². The lowest BCUT2D eigenvalue weighted by molar-refractivity contribution is 0.663. The van der Waals surface area contributed by atoms with E-state index in [2.05, 4.69) is 205 Å². The molecule has 0 aliphatic heterocycles. The summed E-state index contributed by atoms with van der Waals surface area (Å²) in [5.74, 6) is 0. The van der Waals surface area contributed by atoms with Crippen molar-refractivity contribution >= 4 is 97.6 Å². The van der Waals surface area contributed by atoms with Gasteiger partial charge in [-0.2, -0.15) is 0 Å². The van der Waals surface area contributed by atoms with E-state index in [4.69, 9.17) is 4.42 Å². The molecule has 12 rings (SSSR count). The lowest BCUT2D eigenvalue weighted by Gasteiger charge is -2.14. The Bertz CT molecular complexity index is 3610. The standard InChI is InChI=1S/C54H33NO/c1-2-14-34(15-3-1)35-26-29-54-50(30-35)48-33-52-49(32-47(48)42-21-9-7-19-40(42)45-23-11-13-25-53(45)56-54)44-22-10-12-24-51(44)55(52)36-27-28-43-39-18-5-4-16-37(39)38-17-6-8-20-41(38)46(43)31-36/h1-33H. The maximum absolute atomic E-state index is 6.97. The van der Waals surface area contributed by atoms with E-state index in [1.165, 1.54) is 64.9 Å². The Morgan fingerprint density at radius 3 is 1.45 bits per heavy atom. The molecule has 0 fully saturated rings. The second-order valence-electron chi connectivity index (χ2n) is 14.8. The minimum atomic E-state index is 0.831. The number of para-hydroxylation sites is 2. The molecule has 2 heterocycles. The van der Waals surface area contributed by atoms with E-state index >= 15 is 0 Å². The molecule has 0 unspecified atom stereocenters. The summed E-state index contributed by atoms with van der Waals surface area (Å²) in [5.41, 5.74) is 7.45. The highest BCUT2D eigenvalue weighted by Crippen LogP contribution is 2.42. The van der Waals surface area contributed by atoms with E-state index < -0.39 is 0 Å². The van der Waals surface area contributed by atoms with Gasteiger partial charge in [0.25, 0.3) is 0 Å². The molecule has 0 radical (unpaired) electrons. The van der Waals surface area contributed by atoms with E-state index in [0.717, 1.165) is 49.5 Å². The molecule has 0 atom stereocenters. The summed E-state index contributed by atoms with van der Waals surface area (Å²) >= 11 is 0. The third-order valence-corrected chi connectivity index (χ3v) is 11.8. The predicted octanol–water partition coefficient (Wildman–Crippen LogP) is 15.2. The molecule has 2 aromatic heterocycles. The normalized spacial score (nSPS) is 11.9. The van der Waals surface area contributed by atoms with Gasteiger partial charge in [0, 0.05) is 27.2 Å². The van der Waals surface area contributed by atoms with E-state index in [9.17, 15) is 0 Å². The average Bonchev–Trinajstić information content (AvgIpc) is 3.61. The van der Waals surface area contributed by atoms with Crippen LogP contribution in [0.25, 0.3) is 114 Å². The molecule has 0 amide bonds. The van der Waals surface area contributed by atoms with E-state index in [1.807, 2.05) is 0 Å². The van der Waals surface area contributed by atoms with Crippen LogP contribution in [0, 0.1) is 0 Å². The summed E-state index contributed by atoms with van der Waals surface area (Å²) < 4.78 is 9.43. The summed E-state index contributed by atoms with van der Waals surface area (Å²) in [6.45, 7) is 0. The van der Waals surface area contributed by atoms with Crippen molar-refractivity contribution in [3.05, 3.63) is 200 Å². The number of benzene rings is 10. The van der Waals surface area contributed by atoms with Crippen molar-refractivity contribution in [2.75, 3.05) is 0 Å². The second kappa shape index (κ2) is 12.0. The fraction of sp³-hybridized carbons (Fsp3) is 0. The minimum absolute atomic E-state index is 0.831. The van der Waals surface area contributed by atoms with Crippen LogP contribution in [0.2, 0.25) is 0 Å². The average molecular weight is 712 g/mol. The Morgan fingerprint density at radius 2 is 0.750 bits per heavy atom. The van der Waals surface area contributed by atoms with E-state index in [0.29, 0.717) is 0 Å². The molecule has 2 nitrogen and oxygen atoms in total. The topological polar surface area (TPSA) is 18.1 Å². The zero-order valence-electron chi connectivity index (χ0n) is 30.4. The molecule has 10 aromatic carbocycles. The van der Waals surface area contributed by atoms with Gasteiger partial charge in [0.2, 0.25) is 0 Å². The smallest absolute Gasteiger partial charge is 0.135 e. The van der Waals surface area contributed by atoms with Crippen LogP contribution in [0.4, 0.5) is 0 Å². The van der Waals surface area contributed by atoms with Gasteiger partial charge in [0.15, 0.2) is 0 Å². The number of aromatic nitrogens is 1. The zero-order valence-corrected chi connectivity index (χ0v) is 30.4. The molecular formula is C54H33NO. The molecule has 0 bridgehead atoms. The fourth-order valence-electron chi connectivity index (χ4n) is 9.26. The molecule has 56 heavy (non-hydrogen) atoms. The highest BCUT2D eigenvalue weighted by Gasteiger charge is 2.17. The van der Waals surface area contributed by atoms with E-state index in [-0.39, 0.29) is 0 Å². The molecule has 0 aliphatic rings. The largest absolute Gasteiger partial charge is 0.456 e. The van der Waals surface area contributed by atoms with Crippen molar-refractivity contribution in [1.82, 2.24) is 4.57 Å². The summed E-state index contributed by atoms with van der Waals surface area (Å²) in [5, 5.41) is 16.8. The van der Waals surface area contributed by atoms with Crippen molar-refractivity contribution in [1.29, 1.82) is 0 Å². The predicted molar refractivity (Wildman–Crippen MR) is 239 cm³/mol. The van der Waals surface area contributed by atoms with E-state index in [1.54, 1.807) is 0 Å². The Kier molecular flexibility index (Phi) is 6.66. The van der Waals surface area contributed by atoms with Crippen LogP contribution in [0.15, 0.2) is 205 Å². The fourth-order valence-corrected chi connectivity index (χ4v) is 9.26. The van der Waals surface area contributed by atoms with Crippen LogP contribution in [0.1, 0.15) is 0 Å². The Balaban J connectivity index is 1.28. The summed E-state index contributed by atoms with van der Waals surface area (Å²) in [6, 6.07) is 72.8. The van der Waals surface area contributed by atoms with Crippen molar-refractivity contribution in [3.63, 3.8) is 0 Å². The summed E-state index contributed by atoms with van der Waals surface area (Å²) in [4.78, 5) is 0. The Morgan fingerprint density at radius 1 is 0.250 bits per heavy atom. The van der Waals surface area contributed by atoms with Gasteiger partial charge < -0.3 is 8.98 Å². The monoisotopic (exact) mass is 711 g/mol. The third-order valence-electron chi connectivity index (χ3n) is 11.8. The lowest BCUT2D eigenvalue weighted by atomic mass is 9.94. The van der Waals surface area contributed by atoms with Gasteiger partial charge in [-0.3, -0.25) is 0 Å². The van der Waals surface area contributed by atoms with Crippen LogP contribution in [0.5, 0.6) is 0 Å². The van der Waals surface area contributed by atoms with Gasteiger partial charge in [0.05, 0.1) is 11.0 Å². The maximum atomic E-state index is 6.97. The molecule has 2 heteroatoms. The van der Waals surface area contributed by atoms with Crippen molar-refractivity contribution in [2.45, 2.75) is 0 Å². The van der Waals surface area contributed by atoms with Crippen LogP contribution in [-0.4, -0.2) is 4.57 Å². The van der Waals surface area contributed by atoms with Gasteiger partial charge in [-0.15, -0.1) is 0 Å². The van der Waals surface area contributed by atoms with Crippen LogP contribution >= 0.6 is 0 Å². The third kappa shape index (κ3) is 4.57. The molecule has 0 saturated heterocycles. The number of rotatable bonds is 2. The van der Waals surface area contributed by atoms with Crippen molar-refractivity contribution in [3.8, 4) is 16.8 Å². The molecule has 260 valence electrons. The Hall–Kier alpha value is -7.42. The zero-order chi connectivity index (χ0) is 36.7. The van der Waals surface area contributed by atoms with Crippen LogP contribution in [0.3, 0.4) is 0 Å². The molecule has 0 N–H and O–H groups in total. The molecular weight excluding hydrogens is 679 g/mol. The number of nitrogens with zero attached hydrogens (tertiary/aromatic N) is 1. The first-order chi connectivity index (χ1) is 27.8. The molecule has 0 spiro atoms. The van der Waals surface area contributed by atoms with Crippen molar-refractivity contribution < 1.29 is 4.42 Å². The second-order valence-corrected chi connectivity index (χ2v) is 14.8. The summed E-state index contributed by atoms with van der Waals surface area (Å²) in [7, 11) is 0. The first-order valence-corrected chi connectivity index (χ1v) is 19.3. The van der Waals surface area contributed by atoms with Crippen LogP contribution in [-0.2, 0) is 0 Å². The van der Waals surface area contributed by atoms with Gasteiger partial charge in [0.1, 0.15) is 11.2 Å². The van der Waals surface area contributed by atoms with Gasteiger partial charge >= 0.3 is 0 Å².